The highest BCUT2D eigenvalue weighted by Gasteiger charge is 2.35. The second kappa shape index (κ2) is 11.3. The van der Waals surface area contributed by atoms with E-state index in [-0.39, 0.29) is 36.1 Å². The van der Waals surface area contributed by atoms with E-state index in [9.17, 15) is 4.79 Å². The molecule has 0 unspecified atom stereocenters. The molecule has 1 aromatic heterocycles. The number of amides is 1. The van der Waals surface area contributed by atoms with E-state index in [1.807, 2.05) is 32.7 Å². The molecule has 0 spiro atoms. The van der Waals surface area contributed by atoms with Crippen LogP contribution in [-0.4, -0.2) is 74.4 Å². The van der Waals surface area contributed by atoms with Crippen LogP contribution < -0.4 is 5.32 Å². The molecule has 31 heavy (non-hydrogen) atoms. The van der Waals surface area contributed by atoms with E-state index >= 15 is 0 Å². The summed E-state index contributed by atoms with van der Waals surface area (Å²) in [5.74, 6) is 2.37. The first kappa shape index (κ1) is 25.7. The van der Waals surface area contributed by atoms with Gasteiger partial charge in [0.2, 0.25) is 0 Å². The van der Waals surface area contributed by atoms with Gasteiger partial charge in [0.15, 0.2) is 5.96 Å². The van der Waals surface area contributed by atoms with Crippen LogP contribution in [0.3, 0.4) is 0 Å². The van der Waals surface area contributed by atoms with E-state index < -0.39 is 5.60 Å². The third-order valence-electron chi connectivity index (χ3n) is 5.49. The fraction of sp³-hybridized carbons (Fsp3) is 0.810. The number of ether oxygens (including phenoxy) is 1. The smallest absolute Gasteiger partial charge is 0.410 e. The Balaban J connectivity index is 0.00000341. The van der Waals surface area contributed by atoms with Crippen LogP contribution >= 0.6 is 24.0 Å². The molecule has 1 saturated carbocycles. The lowest BCUT2D eigenvalue weighted by Crippen LogP contribution is -2.52. The molecule has 2 heterocycles. The number of hydrogen-bond donors (Lipinski definition) is 1. The summed E-state index contributed by atoms with van der Waals surface area (Å²) in [7, 11) is 1.88. The molecular formula is C21H38IN7O2. The highest BCUT2D eigenvalue weighted by Crippen LogP contribution is 2.32. The van der Waals surface area contributed by atoms with Gasteiger partial charge in [-0.15, -0.1) is 24.0 Å². The second-order valence-electron chi connectivity index (χ2n) is 9.26. The first-order valence-electron chi connectivity index (χ1n) is 11.1. The van der Waals surface area contributed by atoms with E-state index in [4.69, 9.17) is 9.73 Å². The maximum atomic E-state index is 12.8. The molecular weight excluding hydrogens is 509 g/mol. The normalized spacial score (nSPS) is 17.8. The van der Waals surface area contributed by atoms with Crippen molar-refractivity contribution in [1.29, 1.82) is 0 Å². The number of halogens is 1. The fourth-order valence-electron chi connectivity index (χ4n) is 3.70. The Labute approximate surface area is 203 Å². The molecule has 10 heteroatoms. The largest absolute Gasteiger partial charge is 0.444 e. The molecule has 2 fully saturated rings. The minimum Gasteiger partial charge on any atom is -0.444 e. The van der Waals surface area contributed by atoms with Gasteiger partial charge >= 0.3 is 6.09 Å². The summed E-state index contributed by atoms with van der Waals surface area (Å²) in [6.45, 7) is 11.7. The zero-order chi connectivity index (χ0) is 21.7. The Morgan fingerprint density at radius 2 is 1.97 bits per heavy atom. The van der Waals surface area contributed by atoms with E-state index in [0.717, 1.165) is 50.8 Å². The molecule has 1 N–H and O–H groups in total. The molecule has 0 radical (unpaired) electrons. The lowest BCUT2D eigenvalue weighted by atomic mass is 10.0. The number of rotatable bonds is 6. The Hall–Kier alpha value is -1.59. The summed E-state index contributed by atoms with van der Waals surface area (Å²) in [5, 5.41) is 7.49. The van der Waals surface area contributed by atoms with Gasteiger partial charge in [-0.25, -0.2) is 14.8 Å². The molecule has 1 saturated heterocycles. The molecule has 176 valence electrons. The number of hydrogen-bond acceptors (Lipinski definition) is 5. The number of likely N-dealkylation sites (tertiary alicyclic amines) is 1. The summed E-state index contributed by atoms with van der Waals surface area (Å²) in [5.41, 5.74) is -0.468. The Bertz CT molecular complexity index is 734. The average molecular weight is 547 g/mol. The predicted octanol–water partition coefficient (Wildman–Crippen LogP) is 3.01. The van der Waals surface area contributed by atoms with Gasteiger partial charge in [0.1, 0.15) is 24.3 Å². The number of aromatic nitrogens is 3. The van der Waals surface area contributed by atoms with E-state index in [2.05, 4.69) is 27.2 Å². The summed E-state index contributed by atoms with van der Waals surface area (Å²) in [4.78, 5) is 26.1. The van der Waals surface area contributed by atoms with E-state index in [0.29, 0.717) is 12.5 Å². The summed E-state index contributed by atoms with van der Waals surface area (Å²) < 4.78 is 7.45. The third-order valence-corrected chi connectivity index (χ3v) is 5.49. The lowest BCUT2D eigenvalue weighted by molar-refractivity contribution is 0.00928. The van der Waals surface area contributed by atoms with Crippen molar-refractivity contribution >= 4 is 36.0 Å². The number of nitrogens with one attached hydrogen (secondary N) is 1. The Morgan fingerprint density at radius 1 is 1.29 bits per heavy atom. The Kier molecular flexibility index (Phi) is 9.38. The maximum absolute atomic E-state index is 12.8. The summed E-state index contributed by atoms with van der Waals surface area (Å²) in [6.07, 6.45) is 5.65. The molecule has 2 aliphatic rings. The van der Waals surface area contributed by atoms with Gasteiger partial charge in [0.05, 0.1) is 0 Å². The minimum absolute atomic E-state index is 0. The molecule has 9 nitrogen and oxygen atoms in total. The highest BCUT2D eigenvalue weighted by molar-refractivity contribution is 14.0. The second-order valence-corrected chi connectivity index (χ2v) is 9.26. The monoisotopic (exact) mass is 547 g/mol. The van der Waals surface area contributed by atoms with Crippen molar-refractivity contribution in [2.24, 2.45) is 18.0 Å². The predicted molar refractivity (Wildman–Crippen MR) is 131 cm³/mol. The van der Waals surface area contributed by atoms with Crippen LogP contribution in [0.25, 0.3) is 0 Å². The van der Waals surface area contributed by atoms with Crippen molar-refractivity contribution in [3.63, 3.8) is 0 Å². The van der Waals surface area contributed by atoms with Gasteiger partial charge in [-0.05, 0) is 59.3 Å². The number of nitrogens with zero attached hydrogens (tertiary/aromatic N) is 6. The van der Waals surface area contributed by atoms with Gasteiger partial charge in [-0.2, -0.15) is 5.10 Å². The number of carbonyl (C=O) groups is 1. The van der Waals surface area contributed by atoms with Crippen LogP contribution in [0.5, 0.6) is 0 Å². The SMILES string of the molecule is CCNC(=NCc1ncnn1C)N1CCC(N(CC2CC2)C(=O)OC(C)(C)C)CC1.I. The zero-order valence-electron chi connectivity index (χ0n) is 19.5. The van der Waals surface area contributed by atoms with Crippen LogP contribution in [0.15, 0.2) is 11.3 Å². The molecule has 3 rings (SSSR count). The first-order valence-corrected chi connectivity index (χ1v) is 11.1. The molecule has 1 aromatic rings. The van der Waals surface area contributed by atoms with Crippen LogP contribution in [0, 0.1) is 5.92 Å². The molecule has 0 aromatic carbocycles. The Morgan fingerprint density at radius 3 is 2.48 bits per heavy atom. The number of carbonyl (C=O) groups excluding carboxylic acids is 1. The van der Waals surface area contributed by atoms with Crippen LogP contribution in [0.2, 0.25) is 0 Å². The zero-order valence-corrected chi connectivity index (χ0v) is 21.8. The van der Waals surface area contributed by atoms with E-state index in [1.54, 1.807) is 11.0 Å². The number of guanidine groups is 1. The standard InChI is InChI=1S/C21H37N7O2.HI/c1-6-22-19(23-13-18-24-15-25-26(18)5)27-11-9-17(10-12-27)28(14-16-7-8-16)20(29)30-21(2,3)4;/h15-17H,6-14H2,1-5H3,(H,22,23);1H. The van der Waals surface area contributed by atoms with Gasteiger partial charge in [0.25, 0.3) is 0 Å². The topological polar surface area (TPSA) is 87.9 Å². The fourth-order valence-corrected chi connectivity index (χ4v) is 3.70. The molecule has 1 amide bonds. The minimum atomic E-state index is -0.468. The quantitative estimate of drug-likeness (QED) is 0.335. The van der Waals surface area contributed by atoms with Crippen molar-refractivity contribution in [3.05, 3.63) is 12.2 Å². The average Bonchev–Trinajstić information content (AvgIpc) is 3.42. The number of aryl methyl sites for hydroxylation is 1. The van der Waals surface area contributed by atoms with Crippen LogP contribution in [-0.2, 0) is 18.3 Å². The van der Waals surface area contributed by atoms with Gasteiger partial charge in [-0.1, -0.05) is 0 Å². The van der Waals surface area contributed by atoms with Crippen molar-refractivity contribution in [3.8, 4) is 0 Å². The van der Waals surface area contributed by atoms with Crippen LogP contribution in [0.4, 0.5) is 4.79 Å². The van der Waals surface area contributed by atoms with Crippen molar-refractivity contribution in [2.45, 2.75) is 71.6 Å². The van der Waals surface area contributed by atoms with Gasteiger partial charge < -0.3 is 19.9 Å². The van der Waals surface area contributed by atoms with Crippen molar-refractivity contribution in [1.82, 2.24) is 29.9 Å². The van der Waals surface area contributed by atoms with Gasteiger partial charge in [0, 0.05) is 39.3 Å². The van der Waals surface area contributed by atoms with Crippen LogP contribution in [0.1, 0.15) is 59.2 Å². The number of piperidine rings is 1. The molecule has 1 aliphatic heterocycles. The molecule has 0 atom stereocenters. The van der Waals surface area contributed by atoms with Crippen molar-refractivity contribution < 1.29 is 9.53 Å². The number of aliphatic imine (C=N–C) groups is 1. The van der Waals surface area contributed by atoms with Gasteiger partial charge in [-0.3, -0.25) is 4.68 Å². The van der Waals surface area contributed by atoms with E-state index in [1.165, 1.54) is 12.8 Å². The molecule has 1 aliphatic carbocycles. The summed E-state index contributed by atoms with van der Waals surface area (Å²) in [6, 6.07) is 0.221. The first-order chi connectivity index (χ1) is 14.3. The maximum Gasteiger partial charge on any atom is 0.410 e. The summed E-state index contributed by atoms with van der Waals surface area (Å²) >= 11 is 0. The van der Waals surface area contributed by atoms with Crippen molar-refractivity contribution in [2.75, 3.05) is 26.2 Å². The third kappa shape index (κ3) is 7.80. The molecule has 0 bridgehead atoms. The lowest BCUT2D eigenvalue weighted by Gasteiger charge is -2.40. The highest BCUT2D eigenvalue weighted by atomic mass is 127.